The van der Waals surface area contributed by atoms with Gasteiger partial charge >= 0.3 is 0 Å². The lowest BCUT2D eigenvalue weighted by atomic mass is 10.1. The summed E-state index contributed by atoms with van der Waals surface area (Å²) in [6.07, 6.45) is 2.03. The number of hydrogen-bond donors (Lipinski definition) is 1. The molecule has 0 saturated heterocycles. The van der Waals surface area contributed by atoms with Crippen LogP contribution in [0, 0.1) is 12.7 Å². The Bertz CT molecular complexity index is 1140. The molecule has 0 saturated carbocycles. The lowest BCUT2D eigenvalue weighted by molar-refractivity contribution is -0.140. The van der Waals surface area contributed by atoms with Gasteiger partial charge in [-0.3, -0.25) is 13.9 Å². The van der Waals surface area contributed by atoms with Gasteiger partial charge in [0, 0.05) is 17.6 Å². The molecule has 2 rings (SSSR count). The summed E-state index contributed by atoms with van der Waals surface area (Å²) in [5, 5.41) is 3.26. The van der Waals surface area contributed by atoms with Gasteiger partial charge in [-0.15, -0.1) is 0 Å². The van der Waals surface area contributed by atoms with E-state index in [4.69, 9.17) is 11.6 Å². The number of anilines is 1. The summed E-state index contributed by atoms with van der Waals surface area (Å²) in [7, 11) is -3.85. The standard InChI is InChI=1S/C25H33ClFN3O4S/c1-6-18(4)28-25(32)23(7-2)29(15-19-9-11-20(27)12-10-19)24(31)16-30(35(5,33)34)21-13-8-17(3)22(26)14-21/h8-14,18,23H,6-7,15-16H2,1-5H3,(H,28,32)/t18-,23-/m1/s1. The molecule has 0 aliphatic rings. The van der Waals surface area contributed by atoms with E-state index in [0.717, 1.165) is 16.1 Å². The minimum atomic E-state index is -3.85. The van der Waals surface area contributed by atoms with Gasteiger partial charge in [0.1, 0.15) is 18.4 Å². The van der Waals surface area contributed by atoms with E-state index in [1.165, 1.54) is 35.2 Å². The number of amides is 2. The fraction of sp³-hybridized carbons (Fsp3) is 0.440. The van der Waals surface area contributed by atoms with Crippen LogP contribution >= 0.6 is 11.6 Å². The summed E-state index contributed by atoms with van der Waals surface area (Å²) in [5.74, 6) is -1.32. The molecule has 0 spiro atoms. The summed E-state index contributed by atoms with van der Waals surface area (Å²) >= 11 is 6.20. The normalized spacial score (nSPS) is 13.1. The molecule has 0 fully saturated rings. The lowest BCUT2D eigenvalue weighted by Gasteiger charge is -2.33. The second-order valence-corrected chi connectivity index (χ2v) is 10.9. The van der Waals surface area contributed by atoms with Gasteiger partial charge in [0.05, 0.1) is 11.9 Å². The molecule has 35 heavy (non-hydrogen) atoms. The van der Waals surface area contributed by atoms with Crippen molar-refractivity contribution in [2.24, 2.45) is 0 Å². The van der Waals surface area contributed by atoms with Crippen LogP contribution in [0.1, 0.15) is 44.7 Å². The third-order valence-corrected chi connectivity index (χ3v) is 7.32. The Hall–Kier alpha value is -2.65. The molecule has 7 nitrogen and oxygen atoms in total. The molecule has 192 valence electrons. The van der Waals surface area contributed by atoms with Crippen LogP contribution in [-0.4, -0.2) is 50.0 Å². The Labute approximate surface area is 212 Å². The van der Waals surface area contributed by atoms with Crippen LogP contribution in [0.3, 0.4) is 0 Å². The fourth-order valence-corrected chi connectivity index (χ4v) is 4.51. The number of aryl methyl sites for hydroxylation is 1. The van der Waals surface area contributed by atoms with Crippen LogP contribution in [-0.2, 0) is 26.2 Å². The SMILES string of the molecule is CC[C@@H](C)NC(=O)[C@@H](CC)N(Cc1ccc(F)cc1)C(=O)CN(c1ccc(C)c(Cl)c1)S(C)(=O)=O. The number of carbonyl (C=O) groups is 2. The van der Waals surface area contributed by atoms with E-state index in [9.17, 15) is 22.4 Å². The maximum Gasteiger partial charge on any atom is 0.244 e. The third-order valence-electron chi connectivity index (χ3n) is 5.78. The monoisotopic (exact) mass is 525 g/mol. The Morgan fingerprint density at radius 2 is 1.71 bits per heavy atom. The molecule has 0 aliphatic carbocycles. The number of nitrogens with zero attached hydrogens (tertiary/aromatic N) is 2. The minimum absolute atomic E-state index is 0.0117. The molecule has 0 aliphatic heterocycles. The molecule has 2 atom stereocenters. The minimum Gasteiger partial charge on any atom is -0.352 e. The predicted octanol–water partition coefficient (Wildman–Crippen LogP) is 4.28. The largest absolute Gasteiger partial charge is 0.352 e. The second kappa shape index (κ2) is 12.4. The summed E-state index contributed by atoms with van der Waals surface area (Å²) in [6, 6.07) is 9.41. The van der Waals surface area contributed by atoms with Crippen molar-refractivity contribution >= 4 is 39.1 Å². The number of hydrogen-bond acceptors (Lipinski definition) is 4. The molecular formula is C25H33ClFN3O4S. The average Bonchev–Trinajstić information content (AvgIpc) is 2.79. The first-order chi connectivity index (χ1) is 16.4. The maximum atomic E-state index is 13.6. The van der Waals surface area contributed by atoms with E-state index in [2.05, 4.69) is 5.32 Å². The van der Waals surface area contributed by atoms with E-state index < -0.39 is 34.3 Å². The maximum absolute atomic E-state index is 13.6. The van der Waals surface area contributed by atoms with Crippen molar-refractivity contribution in [1.82, 2.24) is 10.2 Å². The zero-order chi connectivity index (χ0) is 26.3. The molecule has 0 heterocycles. The molecule has 0 bridgehead atoms. The van der Waals surface area contributed by atoms with Crippen molar-refractivity contribution < 1.29 is 22.4 Å². The van der Waals surface area contributed by atoms with Crippen LogP contribution in [0.15, 0.2) is 42.5 Å². The Kier molecular flexibility index (Phi) is 10.1. The van der Waals surface area contributed by atoms with Crippen LogP contribution in [0.25, 0.3) is 0 Å². The van der Waals surface area contributed by atoms with Gasteiger partial charge in [0.15, 0.2) is 0 Å². The zero-order valence-corrected chi connectivity index (χ0v) is 22.3. The van der Waals surface area contributed by atoms with Crippen molar-refractivity contribution in [3.8, 4) is 0 Å². The molecule has 2 amide bonds. The highest BCUT2D eigenvalue weighted by atomic mass is 35.5. The Morgan fingerprint density at radius 3 is 2.23 bits per heavy atom. The zero-order valence-electron chi connectivity index (χ0n) is 20.7. The van der Waals surface area contributed by atoms with Crippen molar-refractivity contribution in [2.75, 3.05) is 17.1 Å². The smallest absolute Gasteiger partial charge is 0.244 e. The van der Waals surface area contributed by atoms with Crippen molar-refractivity contribution in [3.05, 3.63) is 64.4 Å². The topological polar surface area (TPSA) is 86.8 Å². The first kappa shape index (κ1) is 28.6. The van der Waals surface area contributed by atoms with Crippen LogP contribution in [0.4, 0.5) is 10.1 Å². The van der Waals surface area contributed by atoms with Gasteiger partial charge in [0.2, 0.25) is 21.8 Å². The summed E-state index contributed by atoms with van der Waals surface area (Å²) in [4.78, 5) is 28.0. The van der Waals surface area contributed by atoms with Crippen molar-refractivity contribution in [1.29, 1.82) is 0 Å². The van der Waals surface area contributed by atoms with Crippen molar-refractivity contribution in [2.45, 2.75) is 59.2 Å². The first-order valence-corrected chi connectivity index (χ1v) is 13.7. The summed E-state index contributed by atoms with van der Waals surface area (Å²) in [5.41, 5.74) is 1.62. The highest BCUT2D eigenvalue weighted by molar-refractivity contribution is 7.92. The van der Waals surface area contributed by atoms with Crippen molar-refractivity contribution in [3.63, 3.8) is 0 Å². The van der Waals surface area contributed by atoms with Gasteiger partial charge in [-0.25, -0.2) is 12.8 Å². The van der Waals surface area contributed by atoms with E-state index >= 15 is 0 Å². The number of nitrogens with one attached hydrogen (secondary N) is 1. The van der Waals surface area contributed by atoms with Gasteiger partial charge < -0.3 is 10.2 Å². The van der Waals surface area contributed by atoms with Gasteiger partial charge in [-0.1, -0.05) is 43.6 Å². The second-order valence-electron chi connectivity index (χ2n) is 8.59. The van der Waals surface area contributed by atoms with Gasteiger partial charge in [0.25, 0.3) is 0 Å². The molecule has 0 aromatic heterocycles. The predicted molar refractivity (Wildman–Crippen MR) is 137 cm³/mol. The number of halogens is 2. The molecule has 2 aromatic carbocycles. The number of benzene rings is 2. The summed E-state index contributed by atoms with van der Waals surface area (Å²) < 4.78 is 39.7. The van der Waals surface area contributed by atoms with Crippen LogP contribution in [0.2, 0.25) is 5.02 Å². The van der Waals surface area contributed by atoms with E-state index in [1.807, 2.05) is 13.8 Å². The fourth-order valence-electron chi connectivity index (χ4n) is 3.50. The lowest BCUT2D eigenvalue weighted by Crippen LogP contribution is -2.53. The number of rotatable bonds is 11. The van der Waals surface area contributed by atoms with E-state index in [-0.39, 0.29) is 24.2 Å². The van der Waals surface area contributed by atoms with Gasteiger partial charge in [-0.05, 0) is 62.1 Å². The molecule has 0 unspecified atom stereocenters. The Balaban J connectivity index is 2.45. The molecular weight excluding hydrogens is 493 g/mol. The quantitative estimate of drug-likeness (QED) is 0.474. The number of sulfonamides is 1. The van der Waals surface area contributed by atoms with E-state index in [0.29, 0.717) is 23.4 Å². The number of carbonyl (C=O) groups excluding carboxylic acids is 2. The summed E-state index contributed by atoms with van der Waals surface area (Å²) in [6.45, 7) is 6.85. The molecule has 2 aromatic rings. The van der Waals surface area contributed by atoms with Crippen LogP contribution < -0.4 is 9.62 Å². The third kappa shape index (κ3) is 7.93. The first-order valence-electron chi connectivity index (χ1n) is 11.5. The van der Waals surface area contributed by atoms with Crippen LogP contribution in [0.5, 0.6) is 0 Å². The molecule has 1 N–H and O–H groups in total. The van der Waals surface area contributed by atoms with E-state index in [1.54, 1.807) is 26.0 Å². The average molecular weight is 526 g/mol. The highest BCUT2D eigenvalue weighted by Gasteiger charge is 2.32. The highest BCUT2D eigenvalue weighted by Crippen LogP contribution is 2.25. The Morgan fingerprint density at radius 1 is 1.09 bits per heavy atom. The van der Waals surface area contributed by atoms with Gasteiger partial charge in [-0.2, -0.15) is 0 Å². The molecule has 0 radical (unpaired) electrons. The molecule has 10 heteroatoms.